The lowest BCUT2D eigenvalue weighted by Gasteiger charge is -2.35. The fourth-order valence-corrected chi connectivity index (χ4v) is 3.08. The molecule has 0 radical (unpaired) electrons. The molecule has 94 valence electrons. The first-order chi connectivity index (χ1) is 7.77. The summed E-state index contributed by atoms with van der Waals surface area (Å²) in [5.74, 6) is 0. The van der Waals surface area contributed by atoms with Crippen LogP contribution in [-0.2, 0) is 0 Å². The maximum absolute atomic E-state index is 9.98. The van der Waals surface area contributed by atoms with Gasteiger partial charge in [0.2, 0.25) is 0 Å². The number of hydrogen-bond acceptors (Lipinski definition) is 3. The van der Waals surface area contributed by atoms with E-state index in [1.807, 2.05) is 0 Å². The third-order valence-corrected chi connectivity index (χ3v) is 4.23. The van der Waals surface area contributed by atoms with Gasteiger partial charge in [-0.2, -0.15) is 0 Å². The molecule has 2 unspecified atom stereocenters. The average Bonchev–Trinajstić information content (AvgIpc) is 2.79. The monoisotopic (exact) mass is 226 g/mol. The molecular formula is C13H26N2O. The number of nitrogens with zero attached hydrogens (tertiary/aromatic N) is 2. The molecule has 1 saturated heterocycles. The molecule has 2 rings (SSSR count). The van der Waals surface area contributed by atoms with Crippen molar-refractivity contribution >= 4 is 0 Å². The lowest BCUT2D eigenvalue weighted by Crippen LogP contribution is -2.45. The summed E-state index contributed by atoms with van der Waals surface area (Å²) in [7, 11) is 2.18. The van der Waals surface area contributed by atoms with Crippen molar-refractivity contribution in [1.29, 1.82) is 0 Å². The Kier molecular flexibility index (Phi) is 4.62. The molecule has 0 aromatic heterocycles. The Morgan fingerprint density at radius 3 is 2.50 bits per heavy atom. The van der Waals surface area contributed by atoms with Crippen molar-refractivity contribution in [3.05, 3.63) is 0 Å². The molecule has 2 fully saturated rings. The van der Waals surface area contributed by atoms with E-state index < -0.39 is 0 Å². The normalized spacial score (nSPS) is 32.4. The summed E-state index contributed by atoms with van der Waals surface area (Å²) in [5.41, 5.74) is 0. The summed E-state index contributed by atoms with van der Waals surface area (Å²) in [6, 6.07) is 0.413. The molecule has 0 aromatic carbocycles. The van der Waals surface area contributed by atoms with Crippen LogP contribution in [0.25, 0.3) is 0 Å². The van der Waals surface area contributed by atoms with Crippen LogP contribution in [0.15, 0.2) is 0 Å². The van der Waals surface area contributed by atoms with E-state index in [0.717, 1.165) is 13.0 Å². The van der Waals surface area contributed by atoms with Gasteiger partial charge < -0.3 is 10.0 Å². The third kappa shape index (κ3) is 3.19. The van der Waals surface area contributed by atoms with Gasteiger partial charge >= 0.3 is 0 Å². The number of likely N-dealkylation sites (tertiary alicyclic amines) is 1. The van der Waals surface area contributed by atoms with Crippen LogP contribution in [0.3, 0.4) is 0 Å². The third-order valence-electron chi connectivity index (χ3n) is 4.23. The first-order valence-electron chi connectivity index (χ1n) is 6.88. The van der Waals surface area contributed by atoms with Crippen molar-refractivity contribution in [2.24, 2.45) is 0 Å². The molecule has 16 heavy (non-hydrogen) atoms. The van der Waals surface area contributed by atoms with Crippen molar-refractivity contribution in [3.8, 4) is 0 Å². The quantitative estimate of drug-likeness (QED) is 0.783. The molecule has 0 amide bonds. The zero-order valence-corrected chi connectivity index (χ0v) is 10.6. The van der Waals surface area contributed by atoms with Crippen molar-refractivity contribution in [3.63, 3.8) is 0 Å². The van der Waals surface area contributed by atoms with Gasteiger partial charge in [-0.15, -0.1) is 0 Å². The Bertz CT molecular complexity index is 204. The van der Waals surface area contributed by atoms with Gasteiger partial charge in [-0.25, -0.2) is 0 Å². The van der Waals surface area contributed by atoms with Crippen molar-refractivity contribution < 1.29 is 5.11 Å². The molecule has 0 bridgehead atoms. The summed E-state index contributed by atoms with van der Waals surface area (Å²) in [6.07, 6.45) is 7.33. The fourth-order valence-electron chi connectivity index (χ4n) is 3.08. The van der Waals surface area contributed by atoms with Crippen LogP contribution in [0.2, 0.25) is 0 Å². The highest BCUT2D eigenvalue weighted by Crippen LogP contribution is 2.22. The van der Waals surface area contributed by atoms with Gasteiger partial charge in [-0.05, 0) is 45.8 Å². The number of aliphatic hydroxyl groups excluding tert-OH is 1. The van der Waals surface area contributed by atoms with Gasteiger partial charge in [0.05, 0.1) is 6.10 Å². The minimum absolute atomic E-state index is 0.0858. The fraction of sp³-hybridized carbons (Fsp3) is 1.00. The van der Waals surface area contributed by atoms with E-state index in [-0.39, 0.29) is 6.10 Å². The Hall–Kier alpha value is -0.120. The number of aliphatic hydroxyl groups is 1. The highest BCUT2D eigenvalue weighted by Gasteiger charge is 2.26. The van der Waals surface area contributed by atoms with Crippen LogP contribution in [0.1, 0.15) is 38.5 Å². The highest BCUT2D eigenvalue weighted by molar-refractivity contribution is 4.82. The molecule has 1 aliphatic heterocycles. The van der Waals surface area contributed by atoms with Gasteiger partial charge in [0, 0.05) is 19.1 Å². The summed E-state index contributed by atoms with van der Waals surface area (Å²) in [5, 5.41) is 9.98. The maximum atomic E-state index is 9.98. The predicted molar refractivity (Wildman–Crippen MR) is 66.6 cm³/mol. The predicted octanol–water partition coefficient (Wildman–Crippen LogP) is 1.32. The standard InChI is InChI=1S/C13H26N2O/c1-14(10-11-15-8-4-5-9-15)12-6-2-3-7-13(12)16/h12-13,16H,2-11H2,1H3. The summed E-state index contributed by atoms with van der Waals surface area (Å²) < 4.78 is 0. The molecule has 1 N–H and O–H groups in total. The van der Waals surface area contributed by atoms with Crippen molar-refractivity contribution in [2.45, 2.75) is 50.7 Å². The Morgan fingerprint density at radius 1 is 1.12 bits per heavy atom. The van der Waals surface area contributed by atoms with E-state index in [1.54, 1.807) is 0 Å². The van der Waals surface area contributed by atoms with Gasteiger partial charge in [0.15, 0.2) is 0 Å². The minimum atomic E-state index is -0.0858. The zero-order valence-electron chi connectivity index (χ0n) is 10.6. The molecule has 3 nitrogen and oxygen atoms in total. The lowest BCUT2D eigenvalue weighted by molar-refractivity contribution is 0.0291. The molecule has 0 spiro atoms. The highest BCUT2D eigenvalue weighted by atomic mass is 16.3. The zero-order chi connectivity index (χ0) is 11.4. The molecule has 2 atom stereocenters. The Morgan fingerprint density at radius 2 is 1.81 bits per heavy atom. The largest absolute Gasteiger partial charge is 0.391 e. The van der Waals surface area contributed by atoms with Crippen LogP contribution in [-0.4, -0.2) is 60.3 Å². The van der Waals surface area contributed by atoms with Gasteiger partial charge in [0.25, 0.3) is 0 Å². The van der Waals surface area contributed by atoms with Crippen LogP contribution < -0.4 is 0 Å². The van der Waals surface area contributed by atoms with Crippen LogP contribution >= 0.6 is 0 Å². The van der Waals surface area contributed by atoms with E-state index in [9.17, 15) is 5.11 Å². The average molecular weight is 226 g/mol. The van der Waals surface area contributed by atoms with Gasteiger partial charge in [0.1, 0.15) is 0 Å². The molecule has 1 heterocycles. The van der Waals surface area contributed by atoms with Crippen LogP contribution in [0.5, 0.6) is 0 Å². The second-order valence-electron chi connectivity index (χ2n) is 5.45. The second kappa shape index (κ2) is 5.99. The summed E-state index contributed by atoms with van der Waals surface area (Å²) in [4.78, 5) is 4.92. The van der Waals surface area contributed by atoms with Gasteiger partial charge in [-0.3, -0.25) is 4.90 Å². The van der Waals surface area contributed by atoms with E-state index >= 15 is 0 Å². The molecule has 2 aliphatic rings. The first kappa shape index (κ1) is 12.3. The van der Waals surface area contributed by atoms with E-state index in [4.69, 9.17) is 0 Å². The Balaban J connectivity index is 1.71. The smallest absolute Gasteiger partial charge is 0.0695 e. The number of likely N-dealkylation sites (N-methyl/N-ethyl adjacent to an activating group) is 1. The first-order valence-corrected chi connectivity index (χ1v) is 6.88. The molecular weight excluding hydrogens is 200 g/mol. The van der Waals surface area contributed by atoms with E-state index in [1.165, 1.54) is 51.7 Å². The molecule has 1 aliphatic carbocycles. The molecule has 3 heteroatoms. The van der Waals surface area contributed by atoms with Crippen LogP contribution in [0.4, 0.5) is 0 Å². The molecule has 1 saturated carbocycles. The SMILES string of the molecule is CN(CCN1CCCC1)C1CCCCC1O. The minimum Gasteiger partial charge on any atom is -0.391 e. The maximum Gasteiger partial charge on any atom is 0.0695 e. The number of hydrogen-bond donors (Lipinski definition) is 1. The number of rotatable bonds is 4. The topological polar surface area (TPSA) is 26.7 Å². The molecule has 0 aromatic rings. The van der Waals surface area contributed by atoms with E-state index in [2.05, 4.69) is 16.8 Å². The van der Waals surface area contributed by atoms with Crippen molar-refractivity contribution in [1.82, 2.24) is 9.80 Å². The summed E-state index contributed by atoms with van der Waals surface area (Å²) >= 11 is 0. The van der Waals surface area contributed by atoms with E-state index in [0.29, 0.717) is 6.04 Å². The summed E-state index contributed by atoms with van der Waals surface area (Å²) in [6.45, 7) is 4.85. The van der Waals surface area contributed by atoms with Crippen LogP contribution in [0, 0.1) is 0 Å². The Labute approximate surface area is 99.4 Å². The second-order valence-corrected chi connectivity index (χ2v) is 5.45. The lowest BCUT2D eigenvalue weighted by atomic mass is 9.91. The van der Waals surface area contributed by atoms with Crippen molar-refractivity contribution in [2.75, 3.05) is 33.2 Å². The van der Waals surface area contributed by atoms with Gasteiger partial charge in [-0.1, -0.05) is 12.8 Å².